The van der Waals surface area contributed by atoms with Crippen molar-refractivity contribution in [3.8, 4) is 5.75 Å². The predicted molar refractivity (Wildman–Crippen MR) is 139 cm³/mol. The van der Waals surface area contributed by atoms with E-state index in [1.807, 2.05) is 18.2 Å². The van der Waals surface area contributed by atoms with E-state index in [4.69, 9.17) is 16.3 Å². The number of nitrogens with zero attached hydrogens (tertiary/aromatic N) is 1. The van der Waals surface area contributed by atoms with E-state index < -0.39 is 10.8 Å². The molecule has 8 nitrogen and oxygen atoms in total. The molecule has 3 aromatic rings. The number of ketones is 1. The van der Waals surface area contributed by atoms with Crippen LogP contribution in [0.3, 0.4) is 0 Å². The molecule has 1 amide bonds. The van der Waals surface area contributed by atoms with Crippen molar-refractivity contribution in [1.82, 2.24) is 5.32 Å². The van der Waals surface area contributed by atoms with Crippen molar-refractivity contribution in [2.75, 3.05) is 12.4 Å². The summed E-state index contributed by atoms with van der Waals surface area (Å²) < 4.78 is 5.36. The average molecular weight is 506 g/mol. The van der Waals surface area contributed by atoms with Gasteiger partial charge in [-0.15, -0.1) is 0 Å². The SMILES string of the molecule is COc1ccc2c(c1)/C(=C/C(=O)c1cccc(NC(=O)c3ccc([N+](=O)[O-])cc3Cl)c1)NC(C)(C)C2. The fourth-order valence-electron chi connectivity index (χ4n) is 4.12. The molecule has 0 spiro atoms. The summed E-state index contributed by atoms with van der Waals surface area (Å²) in [4.78, 5) is 36.2. The average Bonchev–Trinajstić information content (AvgIpc) is 2.83. The van der Waals surface area contributed by atoms with Crippen molar-refractivity contribution in [2.45, 2.75) is 25.8 Å². The summed E-state index contributed by atoms with van der Waals surface area (Å²) in [7, 11) is 1.60. The van der Waals surface area contributed by atoms with Gasteiger partial charge in [0.25, 0.3) is 11.6 Å². The molecule has 0 radical (unpaired) electrons. The molecule has 0 saturated heterocycles. The van der Waals surface area contributed by atoms with E-state index in [2.05, 4.69) is 24.5 Å². The van der Waals surface area contributed by atoms with Crippen LogP contribution < -0.4 is 15.4 Å². The molecule has 2 N–H and O–H groups in total. The molecule has 3 aromatic carbocycles. The van der Waals surface area contributed by atoms with Crippen molar-refractivity contribution < 1.29 is 19.2 Å². The number of ether oxygens (including phenoxy) is 1. The number of nitro groups is 1. The number of rotatable bonds is 6. The monoisotopic (exact) mass is 505 g/mol. The van der Waals surface area contributed by atoms with Crippen LogP contribution in [0.2, 0.25) is 5.02 Å². The van der Waals surface area contributed by atoms with Crippen LogP contribution in [-0.4, -0.2) is 29.3 Å². The summed E-state index contributed by atoms with van der Waals surface area (Å²) in [6, 6.07) is 16.0. The van der Waals surface area contributed by atoms with Crippen LogP contribution in [0, 0.1) is 10.1 Å². The van der Waals surface area contributed by atoms with Gasteiger partial charge in [-0.25, -0.2) is 0 Å². The number of fused-ring (bicyclic) bond motifs is 1. The van der Waals surface area contributed by atoms with E-state index in [0.29, 0.717) is 22.7 Å². The third kappa shape index (κ3) is 5.39. The second-order valence-corrected chi connectivity index (χ2v) is 9.49. The van der Waals surface area contributed by atoms with Crippen LogP contribution >= 0.6 is 11.6 Å². The number of non-ortho nitro benzene ring substituents is 1. The van der Waals surface area contributed by atoms with Gasteiger partial charge in [0.15, 0.2) is 5.78 Å². The van der Waals surface area contributed by atoms with Gasteiger partial charge >= 0.3 is 0 Å². The van der Waals surface area contributed by atoms with Crippen LogP contribution in [0.5, 0.6) is 5.75 Å². The van der Waals surface area contributed by atoms with Crippen LogP contribution in [0.4, 0.5) is 11.4 Å². The third-order valence-electron chi connectivity index (χ3n) is 5.80. The Bertz CT molecular complexity index is 1410. The Balaban J connectivity index is 1.59. The number of amides is 1. The van der Waals surface area contributed by atoms with E-state index in [9.17, 15) is 19.7 Å². The molecule has 4 rings (SSSR count). The van der Waals surface area contributed by atoms with Crippen molar-refractivity contribution in [1.29, 1.82) is 0 Å². The minimum atomic E-state index is -0.589. The topological polar surface area (TPSA) is 111 Å². The lowest BCUT2D eigenvalue weighted by Crippen LogP contribution is -2.43. The molecular weight excluding hydrogens is 482 g/mol. The summed E-state index contributed by atoms with van der Waals surface area (Å²) >= 11 is 6.07. The quantitative estimate of drug-likeness (QED) is 0.194. The zero-order valence-electron chi connectivity index (χ0n) is 19.9. The number of allylic oxidation sites excluding steroid dienone is 1. The molecule has 0 bridgehead atoms. The van der Waals surface area contributed by atoms with Gasteiger partial charge < -0.3 is 15.4 Å². The fourth-order valence-corrected chi connectivity index (χ4v) is 4.38. The van der Waals surface area contributed by atoms with Gasteiger partial charge in [-0.3, -0.25) is 19.7 Å². The van der Waals surface area contributed by atoms with Gasteiger partial charge in [-0.2, -0.15) is 0 Å². The molecule has 1 aliphatic heterocycles. The molecule has 0 aliphatic carbocycles. The molecule has 9 heteroatoms. The number of hydrogen-bond donors (Lipinski definition) is 2. The second-order valence-electron chi connectivity index (χ2n) is 9.09. The second kappa shape index (κ2) is 9.83. The number of nitrogens with one attached hydrogen (secondary N) is 2. The van der Waals surface area contributed by atoms with Crippen molar-refractivity contribution in [2.24, 2.45) is 0 Å². The highest BCUT2D eigenvalue weighted by Gasteiger charge is 2.28. The van der Waals surface area contributed by atoms with Crippen LogP contribution in [-0.2, 0) is 6.42 Å². The number of methoxy groups -OCH3 is 1. The third-order valence-corrected chi connectivity index (χ3v) is 6.11. The highest BCUT2D eigenvalue weighted by atomic mass is 35.5. The first-order chi connectivity index (χ1) is 17.1. The highest BCUT2D eigenvalue weighted by molar-refractivity contribution is 6.34. The Morgan fingerprint density at radius 1 is 1.14 bits per heavy atom. The highest BCUT2D eigenvalue weighted by Crippen LogP contribution is 2.32. The van der Waals surface area contributed by atoms with Crippen molar-refractivity contribution >= 4 is 40.4 Å². The lowest BCUT2D eigenvalue weighted by molar-refractivity contribution is -0.384. The molecule has 0 saturated carbocycles. The van der Waals surface area contributed by atoms with Crippen molar-refractivity contribution in [3.63, 3.8) is 0 Å². The number of carbonyl (C=O) groups is 2. The predicted octanol–water partition coefficient (Wildman–Crippen LogP) is 5.66. The maximum Gasteiger partial charge on any atom is 0.270 e. The van der Waals surface area contributed by atoms with E-state index in [1.165, 1.54) is 12.1 Å². The Labute approximate surface area is 213 Å². The first kappa shape index (κ1) is 24.9. The maximum absolute atomic E-state index is 13.2. The first-order valence-corrected chi connectivity index (χ1v) is 11.5. The van der Waals surface area contributed by atoms with Gasteiger partial charge in [0.2, 0.25) is 0 Å². The fraction of sp³-hybridized carbons (Fsp3) is 0.185. The Morgan fingerprint density at radius 2 is 1.92 bits per heavy atom. The Hall–Kier alpha value is -4.17. The lowest BCUT2D eigenvalue weighted by atomic mass is 9.85. The first-order valence-electron chi connectivity index (χ1n) is 11.1. The molecule has 0 aromatic heterocycles. The summed E-state index contributed by atoms with van der Waals surface area (Å²) in [5.41, 5.74) is 3.10. The summed E-state index contributed by atoms with van der Waals surface area (Å²) in [6.07, 6.45) is 2.35. The number of anilines is 1. The van der Waals surface area contributed by atoms with Crippen molar-refractivity contribution in [3.05, 3.63) is 104 Å². The molecule has 184 valence electrons. The van der Waals surface area contributed by atoms with Crippen LogP contribution in [0.15, 0.2) is 66.7 Å². The Morgan fingerprint density at radius 3 is 2.61 bits per heavy atom. The zero-order chi connectivity index (χ0) is 26.0. The summed E-state index contributed by atoms with van der Waals surface area (Å²) in [6.45, 7) is 4.13. The molecule has 36 heavy (non-hydrogen) atoms. The maximum atomic E-state index is 13.2. The van der Waals surface area contributed by atoms with E-state index >= 15 is 0 Å². The van der Waals surface area contributed by atoms with E-state index in [0.717, 1.165) is 23.6 Å². The standard InChI is InChI=1S/C27H24ClN3O5/c1-27(2)15-17-7-9-20(36-3)13-22(17)24(30-27)14-25(32)16-5-4-6-18(11-16)29-26(33)21-10-8-19(31(34)35)12-23(21)28/h4-14,30H,15H2,1-3H3,(H,29,33)/b24-14-. The minimum Gasteiger partial charge on any atom is -0.497 e. The smallest absolute Gasteiger partial charge is 0.270 e. The van der Waals surface area contributed by atoms with Gasteiger partial charge in [0.1, 0.15) is 5.75 Å². The summed E-state index contributed by atoms with van der Waals surface area (Å²) in [5, 5.41) is 17.0. The van der Waals surface area contributed by atoms with Gasteiger partial charge in [0, 0.05) is 46.3 Å². The number of hydrogen-bond acceptors (Lipinski definition) is 6. The molecule has 1 aliphatic rings. The number of carbonyl (C=O) groups excluding carboxylic acids is 2. The van der Waals surface area contributed by atoms with Crippen LogP contribution in [0.25, 0.3) is 5.70 Å². The van der Waals surface area contributed by atoms with Gasteiger partial charge in [-0.05, 0) is 56.2 Å². The lowest BCUT2D eigenvalue weighted by Gasteiger charge is -2.35. The molecule has 0 fully saturated rings. The van der Waals surface area contributed by atoms with Crippen LogP contribution in [0.1, 0.15) is 45.7 Å². The van der Waals surface area contributed by atoms with E-state index in [1.54, 1.807) is 37.5 Å². The van der Waals surface area contributed by atoms with E-state index in [-0.39, 0.29) is 27.6 Å². The molecular formula is C27H24ClN3O5. The normalized spacial score (nSPS) is 14.9. The largest absolute Gasteiger partial charge is 0.497 e. The minimum absolute atomic E-state index is 0.0428. The summed E-state index contributed by atoms with van der Waals surface area (Å²) in [5.74, 6) is -0.0915. The molecule has 1 heterocycles. The zero-order valence-corrected chi connectivity index (χ0v) is 20.7. The Kier molecular flexibility index (Phi) is 6.81. The molecule has 0 unspecified atom stereocenters. The number of halogens is 1. The number of nitro benzene ring substituents is 1. The van der Waals surface area contributed by atoms with Gasteiger partial charge in [0.05, 0.1) is 22.6 Å². The van der Waals surface area contributed by atoms with Gasteiger partial charge in [-0.1, -0.05) is 29.8 Å². The molecule has 0 atom stereocenters. The number of benzene rings is 3.